The molecule has 0 heterocycles. The molecule has 0 radical (unpaired) electrons. The lowest BCUT2D eigenvalue weighted by Gasteiger charge is -2.01. The molecule has 0 aliphatic carbocycles. The Balaban J connectivity index is 3.19. The number of carboxylic acids is 1. The number of aliphatic carboxylic acids is 1. The summed E-state index contributed by atoms with van der Waals surface area (Å²) in [6.45, 7) is 1.85. The molecule has 0 saturated heterocycles. The van der Waals surface area contributed by atoms with Crippen LogP contribution in [0.3, 0.4) is 0 Å². The van der Waals surface area contributed by atoms with Crippen LogP contribution in [-0.2, 0) is 19.1 Å². The van der Waals surface area contributed by atoms with E-state index >= 15 is 0 Å². The standard InChI is InChI=1S/C7H12O5/c1-2-12-7(10)5-11-4-3-6(8)9/h2-5H2,1H3,(H,8,9). The highest BCUT2D eigenvalue weighted by Gasteiger charge is 2.02. The minimum Gasteiger partial charge on any atom is -0.481 e. The first-order valence-corrected chi connectivity index (χ1v) is 3.62. The molecule has 0 unspecified atom stereocenters. The van der Waals surface area contributed by atoms with Crippen LogP contribution >= 0.6 is 0 Å². The Bertz CT molecular complexity index is 154. The third-order valence-electron chi connectivity index (χ3n) is 0.986. The summed E-state index contributed by atoms with van der Waals surface area (Å²) in [7, 11) is 0. The number of ether oxygens (including phenoxy) is 2. The molecular weight excluding hydrogens is 164 g/mol. The van der Waals surface area contributed by atoms with Crippen LogP contribution in [-0.4, -0.2) is 36.9 Å². The normalized spacial score (nSPS) is 9.42. The first-order chi connectivity index (χ1) is 5.66. The van der Waals surface area contributed by atoms with Crippen LogP contribution in [0.4, 0.5) is 0 Å². The summed E-state index contributed by atoms with van der Waals surface area (Å²) in [5.41, 5.74) is 0. The van der Waals surface area contributed by atoms with Gasteiger partial charge in [0.05, 0.1) is 19.6 Å². The van der Waals surface area contributed by atoms with Crippen molar-refractivity contribution in [2.75, 3.05) is 19.8 Å². The molecule has 5 nitrogen and oxygen atoms in total. The number of carboxylic acid groups (broad SMARTS) is 1. The van der Waals surface area contributed by atoms with Crippen molar-refractivity contribution in [1.82, 2.24) is 0 Å². The monoisotopic (exact) mass is 176 g/mol. The van der Waals surface area contributed by atoms with E-state index in [4.69, 9.17) is 9.84 Å². The second kappa shape index (κ2) is 6.60. The molecule has 0 atom stereocenters. The van der Waals surface area contributed by atoms with E-state index in [2.05, 4.69) is 4.74 Å². The van der Waals surface area contributed by atoms with Crippen molar-refractivity contribution in [3.8, 4) is 0 Å². The first kappa shape index (κ1) is 10.9. The maximum absolute atomic E-state index is 10.6. The van der Waals surface area contributed by atoms with E-state index in [9.17, 15) is 9.59 Å². The van der Waals surface area contributed by atoms with Crippen LogP contribution < -0.4 is 0 Å². The largest absolute Gasteiger partial charge is 0.481 e. The van der Waals surface area contributed by atoms with Gasteiger partial charge in [-0.25, -0.2) is 4.79 Å². The van der Waals surface area contributed by atoms with Gasteiger partial charge >= 0.3 is 11.9 Å². The minimum absolute atomic E-state index is 0.0359. The lowest BCUT2D eigenvalue weighted by Crippen LogP contribution is -2.14. The predicted octanol–water partition coefficient (Wildman–Crippen LogP) is 0.0408. The number of hydrogen-bond acceptors (Lipinski definition) is 4. The summed E-state index contributed by atoms with van der Waals surface area (Å²) in [5, 5.41) is 8.19. The second-order valence-electron chi connectivity index (χ2n) is 2.00. The zero-order valence-electron chi connectivity index (χ0n) is 6.91. The van der Waals surface area contributed by atoms with Gasteiger partial charge in [-0.15, -0.1) is 0 Å². The van der Waals surface area contributed by atoms with Crippen molar-refractivity contribution in [3.63, 3.8) is 0 Å². The zero-order chi connectivity index (χ0) is 9.40. The Kier molecular flexibility index (Phi) is 6.00. The minimum atomic E-state index is -0.946. The number of carbonyl (C=O) groups excluding carboxylic acids is 1. The molecule has 0 aromatic carbocycles. The molecular formula is C7H12O5. The van der Waals surface area contributed by atoms with E-state index in [0.717, 1.165) is 0 Å². The Labute approximate surface area is 70.3 Å². The van der Waals surface area contributed by atoms with E-state index in [0.29, 0.717) is 6.61 Å². The molecule has 0 bridgehead atoms. The maximum Gasteiger partial charge on any atom is 0.332 e. The van der Waals surface area contributed by atoms with Crippen molar-refractivity contribution >= 4 is 11.9 Å². The molecule has 5 heteroatoms. The molecule has 1 N–H and O–H groups in total. The highest BCUT2D eigenvalue weighted by Crippen LogP contribution is 1.84. The van der Waals surface area contributed by atoms with Gasteiger partial charge in [-0.3, -0.25) is 4.79 Å². The summed E-state index contributed by atoms with van der Waals surface area (Å²) >= 11 is 0. The summed E-state index contributed by atoms with van der Waals surface area (Å²) in [5.74, 6) is -1.42. The predicted molar refractivity (Wildman–Crippen MR) is 39.7 cm³/mol. The number of hydrogen-bond donors (Lipinski definition) is 1. The highest BCUT2D eigenvalue weighted by atomic mass is 16.6. The van der Waals surface area contributed by atoms with Crippen LogP contribution in [0.15, 0.2) is 0 Å². The fourth-order valence-corrected chi connectivity index (χ4v) is 0.518. The molecule has 0 aromatic heterocycles. The van der Waals surface area contributed by atoms with Crippen molar-refractivity contribution < 1.29 is 24.2 Å². The van der Waals surface area contributed by atoms with E-state index in [1.165, 1.54) is 0 Å². The SMILES string of the molecule is CCOC(=O)COCCC(=O)O. The fourth-order valence-electron chi connectivity index (χ4n) is 0.518. The Hall–Kier alpha value is -1.10. The second-order valence-corrected chi connectivity index (χ2v) is 2.00. The molecule has 12 heavy (non-hydrogen) atoms. The summed E-state index contributed by atoms with van der Waals surface area (Å²) in [6, 6.07) is 0. The van der Waals surface area contributed by atoms with Crippen LogP contribution in [0.1, 0.15) is 13.3 Å². The molecule has 0 amide bonds. The molecule has 0 aliphatic rings. The van der Waals surface area contributed by atoms with E-state index in [1.54, 1.807) is 6.92 Å². The van der Waals surface area contributed by atoms with E-state index in [1.807, 2.05) is 0 Å². The van der Waals surface area contributed by atoms with Gasteiger partial charge in [-0.05, 0) is 6.92 Å². The van der Waals surface area contributed by atoms with Gasteiger partial charge in [0.2, 0.25) is 0 Å². The van der Waals surface area contributed by atoms with E-state index in [-0.39, 0.29) is 19.6 Å². The average molecular weight is 176 g/mol. The topological polar surface area (TPSA) is 72.8 Å². The van der Waals surface area contributed by atoms with Gasteiger partial charge in [0.25, 0.3) is 0 Å². The number of carbonyl (C=O) groups is 2. The quantitative estimate of drug-likeness (QED) is 0.457. The van der Waals surface area contributed by atoms with Gasteiger partial charge in [-0.1, -0.05) is 0 Å². The van der Waals surface area contributed by atoms with Gasteiger partial charge in [0.1, 0.15) is 6.61 Å². The molecule has 70 valence electrons. The average Bonchev–Trinajstić information content (AvgIpc) is 1.98. The summed E-state index contributed by atoms with van der Waals surface area (Å²) in [6.07, 6.45) is -0.0978. The molecule has 0 aromatic rings. The van der Waals surface area contributed by atoms with Crippen LogP contribution in [0, 0.1) is 0 Å². The summed E-state index contributed by atoms with van der Waals surface area (Å²) in [4.78, 5) is 20.6. The maximum atomic E-state index is 10.6. The lowest BCUT2D eigenvalue weighted by atomic mass is 10.5. The van der Waals surface area contributed by atoms with Crippen molar-refractivity contribution in [3.05, 3.63) is 0 Å². The number of rotatable bonds is 6. The molecule has 0 rings (SSSR count). The molecule has 0 aliphatic heterocycles. The lowest BCUT2D eigenvalue weighted by molar-refractivity contribution is -0.150. The fraction of sp³-hybridized carbons (Fsp3) is 0.714. The van der Waals surface area contributed by atoms with Crippen LogP contribution in [0.5, 0.6) is 0 Å². The Morgan fingerprint density at radius 2 is 2.08 bits per heavy atom. The van der Waals surface area contributed by atoms with Crippen molar-refractivity contribution in [1.29, 1.82) is 0 Å². The van der Waals surface area contributed by atoms with Crippen LogP contribution in [0.25, 0.3) is 0 Å². The highest BCUT2D eigenvalue weighted by molar-refractivity contribution is 5.70. The Morgan fingerprint density at radius 3 is 2.58 bits per heavy atom. The van der Waals surface area contributed by atoms with E-state index < -0.39 is 11.9 Å². The third kappa shape index (κ3) is 7.01. The molecule has 0 spiro atoms. The van der Waals surface area contributed by atoms with Gasteiger partial charge < -0.3 is 14.6 Å². The molecule has 0 fully saturated rings. The van der Waals surface area contributed by atoms with Crippen LogP contribution in [0.2, 0.25) is 0 Å². The smallest absolute Gasteiger partial charge is 0.332 e. The number of esters is 1. The first-order valence-electron chi connectivity index (χ1n) is 3.62. The van der Waals surface area contributed by atoms with Gasteiger partial charge in [0, 0.05) is 0 Å². The summed E-state index contributed by atoms with van der Waals surface area (Å²) < 4.78 is 9.24. The Morgan fingerprint density at radius 1 is 1.42 bits per heavy atom. The molecule has 0 saturated carbocycles. The van der Waals surface area contributed by atoms with Crippen molar-refractivity contribution in [2.45, 2.75) is 13.3 Å². The van der Waals surface area contributed by atoms with Crippen molar-refractivity contribution in [2.24, 2.45) is 0 Å². The zero-order valence-corrected chi connectivity index (χ0v) is 6.91. The van der Waals surface area contributed by atoms with Gasteiger partial charge in [-0.2, -0.15) is 0 Å². The van der Waals surface area contributed by atoms with Gasteiger partial charge in [0.15, 0.2) is 0 Å². The third-order valence-corrected chi connectivity index (χ3v) is 0.986.